The number of hydrogen-bond donors (Lipinski definition) is 3. The molecule has 1 aliphatic carbocycles. The number of nitrogens with one attached hydrogen (secondary N) is 2. The third kappa shape index (κ3) is 6.33. The van der Waals surface area contributed by atoms with Crippen LogP contribution in [-0.2, 0) is 16.0 Å². The normalized spacial score (nSPS) is 20.6. The maximum absolute atomic E-state index is 12.6. The van der Waals surface area contributed by atoms with E-state index in [1.165, 1.54) is 0 Å². The van der Waals surface area contributed by atoms with Crippen LogP contribution in [0.1, 0.15) is 38.7 Å². The molecule has 0 heterocycles. The highest BCUT2D eigenvalue weighted by Gasteiger charge is 2.31. The van der Waals surface area contributed by atoms with Gasteiger partial charge in [0.05, 0.1) is 6.42 Å². The Morgan fingerprint density at radius 1 is 1.20 bits per heavy atom. The van der Waals surface area contributed by atoms with Crippen molar-refractivity contribution in [2.45, 2.75) is 51.6 Å². The van der Waals surface area contributed by atoms with Crippen molar-refractivity contribution >= 4 is 24.2 Å². The van der Waals surface area contributed by atoms with Crippen molar-refractivity contribution in [2.75, 3.05) is 6.54 Å². The molecule has 0 aliphatic heterocycles. The van der Waals surface area contributed by atoms with Gasteiger partial charge < -0.3 is 16.4 Å². The number of halogens is 1. The molecule has 0 aromatic heterocycles. The molecule has 25 heavy (non-hydrogen) atoms. The zero-order valence-corrected chi connectivity index (χ0v) is 15.9. The molecule has 6 heteroatoms. The molecule has 4 N–H and O–H groups in total. The number of rotatable bonds is 7. The molecular formula is C19H30ClN3O2. The third-order valence-corrected chi connectivity index (χ3v) is 4.76. The number of benzene rings is 1. The fraction of sp³-hybridized carbons (Fsp3) is 0.579. The standard InChI is InChI=1S/C19H29N3O2.ClH/c1-13(2)18(19(24)21-16-10-6-9-15(16)12-20)22-17(23)11-14-7-4-3-5-8-14;/h3-5,7-8,13,15-16,18H,6,9-12,20H2,1-2H3,(H,21,24)(H,22,23);1H. The second-order valence-electron chi connectivity index (χ2n) is 6.99. The highest BCUT2D eigenvalue weighted by atomic mass is 35.5. The minimum atomic E-state index is -0.514. The van der Waals surface area contributed by atoms with Gasteiger partial charge in [0.1, 0.15) is 6.04 Å². The summed E-state index contributed by atoms with van der Waals surface area (Å²) in [6, 6.07) is 9.17. The molecule has 0 saturated heterocycles. The predicted molar refractivity (Wildman–Crippen MR) is 102 cm³/mol. The Labute approximate surface area is 156 Å². The Hall–Kier alpha value is -1.59. The van der Waals surface area contributed by atoms with E-state index in [2.05, 4.69) is 10.6 Å². The highest BCUT2D eigenvalue weighted by molar-refractivity contribution is 5.88. The second kappa shape index (κ2) is 10.4. The largest absolute Gasteiger partial charge is 0.351 e. The van der Waals surface area contributed by atoms with E-state index in [9.17, 15) is 9.59 Å². The van der Waals surface area contributed by atoms with E-state index >= 15 is 0 Å². The van der Waals surface area contributed by atoms with Gasteiger partial charge in [0.2, 0.25) is 11.8 Å². The first kappa shape index (κ1) is 21.5. The molecule has 140 valence electrons. The van der Waals surface area contributed by atoms with Crippen molar-refractivity contribution in [1.82, 2.24) is 10.6 Å². The summed E-state index contributed by atoms with van der Waals surface area (Å²) in [4.78, 5) is 24.9. The van der Waals surface area contributed by atoms with Crippen molar-refractivity contribution in [3.05, 3.63) is 35.9 Å². The zero-order chi connectivity index (χ0) is 17.5. The first-order valence-corrected chi connectivity index (χ1v) is 8.85. The first-order chi connectivity index (χ1) is 11.5. The maximum Gasteiger partial charge on any atom is 0.243 e. The van der Waals surface area contributed by atoms with Crippen LogP contribution in [-0.4, -0.2) is 30.4 Å². The van der Waals surface area contributed by atoms with Crippen LogP contribution in [0.2, 0.25) is 0 Å². The monoisotopic (exact) mass is 367 g/mol. The topological polar surface area (TPSA) is 84.2 Å². The summed E-state index contributed by atoms with van der Waals surface area (Å²) in [5, 5.41) is 5.99. The van der Waals surface area contributed by atoms with Crippen LogP contribution in [0.5, 0.6) is 0 Å². The van der Waals surface area contributed by atoms with Crippen LogP contribution in [0.15, 0.2) is 30.3 Å². The van der Waals surface area contributed by atoms with Gasteiger partial charge in [0, 0.05) is 6.04 Å². The Balaban J connectivity index is 0.00000312. The van der Waals surface area contributed by atoms with Gasteiger partial charge in [-0.25, -0.2) is 0 Å². The molecule has 1 aliphatic rings. The number of amides is 2. The van der Waals surface area contributed by atoms with Gasteiger partial charge in [-0.15, -0.1) is 12.4 Å². The Morgan fingerprint density at radius 3 is 2.48 bits per heavy atom. The zero-order valence-electron chi connectivity index (χ0n) is 15.0. The van der Waals surface area contributed by atoms with Crippen molar-refractivity contribution in [3.63, 3.8) is 0 Å². The minimum Gasteiger partial charge on any atom is -0.351 e. The summed E-state index contributed by atoms with van der Waals surface area (Å²) in [5.74, 6) is 0.151. The van der Waals surface area contributed by atoms with E-state index < -0.39 is 6.04 Å². The van der Waals surface area contributed by atoms with Gasteiger partial charge in [0.25, 0.3) is 0 Å². The van der Waals surface area contributed by atoms with E-state index in [1.54, 1.807) is 0 Å². The van der Waals surface area contributed by atoms with E-state index in [1.807, 2.05) is 44.2 Å². The summed E-state index contributed by atoms with van der Waals surface area (Å²) < 4.78 is 0. The van der Waals surface area contributed by atoms with Crippen LogP contribution < -0.4 is 16.4 Å². The van der Waals surface area contributed by atoms with Gasteiger partial charge in [-0.05, 0) is 36.8 Å². The molecule has 1 aromatic carbocycles. The average molecular weight is 368 g/mol. The molecule has 5 nitrogen and oxygen atoms in total. The van der Waals surface area contributed by atoms with E-state index in [4.69, 9.17) is 5.73 Å². The third-order valence-electron chi connectivity index (χ3n) is 4.76. The molecule has 3 unspecified atom stereocenters. The molecule has 0 bridgehead atoms. The lowest BCUT2D eigenvalue weighted by Crippen LogP contribution is -2.53. The van der Waals surface area contributed by atoms with Crippen molar-refractivity contribution < 1.29 is 9.59 Å². The van der Waals surface area contributed by atoms with Gasteiger partial charge >= 0.3 is 0 Å². The van der Waals surface area contributed by atoms with Gasteiger partial charge in [-0.2, -0.15) is 0 Å². The molecule has 0 radical (unpaired) electrons. The summed E-state index contributed by atoms with van der Waals surface area (Å²) in [6.07, 6.45) is 3.41. The summed E-state index contributed by atoms with van der Waals surface area (Å²) in [7, 11) is 0. The summed E-state index contributed by atoms with van der Waals surface area (Å²) >= 11 is 0. The highest BCUT2D eigenvalue weighted by Crippen LogP contribution is 2.24. The lowest BCUT2D eigenvalue weighted by molar-refractivity contribution is -0.130. The first-order valence-electron chi connectivity index (χ1n) is 8.85. The van der Waals surface area contributed by atoms with Crippen LogP contribution in [0.25, 0.3) is 0 Å². The van der Waals surface area contributed by atoms with Crippen molar-refractivity contribution in [1.29, 1.82) is 0 Å². The Morgan fingerprint density at radius 2 is 1.88 bits per heavy atom. The molecule has 1 saturated carbocycles. The lowest BCUT2D eigenvalue weighted by Gasteiger charge is -2.26. The molecule has 1 aromatic rings. The van der Waals surface area contributed by atoms with Crippen molar-refractivity contribution in [2.24, 2.45) is 17.6 Å². The maximum atomic E-state index is 12.6. The van der Waals surface area contributed by atoms with E-state index in [0.717, 1.165) is 24.8 Å². The summed E-state index contributed by atoms with van der Waals surface area (Å²) in [6.45, 7) is 4.49. The molecule has 2 rings (SSSR count). The quantitative estimate of drug-likeness (QED) is 0.689. The van der Waals surface area contributed by atoms with Crippen LogP contribution in [0.4, 0.5) is 0 Å². The number of carbonyl (C=O) groups is 2. The van der Waals surface area contributed by atoms with Crippen molar-refractivity contribution in [3.8, 4) is 0 Å². The molecule has 1 fully saturated rings. The SMILES string of the molecule is CC(C)C(NC(=O)Cc1ccccc1)C(=O)NC1CCCC1CN.Cl. The van der Waals surface area contributed by atoms with Crippen LogP contribution in [0.3, 0.4) is 0 Å². The molecule has 2 amide bonds. The average Bonchev–Trinajstić information content (AvgIpc) is 3.00. The molecule has 3 atom stereocenters. The van der Waals surface area contributed by atoms with Gasteiger partial charge in [-0.1, -0.05) is 50.6 Å². The summed E-state index contributed by atoms with van der Waals surface area (Å²) in [5.41, 5.74) is 6.72. The fourth-order valence-corrected chi connectivity index (χ4v) is 3.32. The number of carbonyl (C=O) groups excluding carboxylic acids is 2. The van der Waals surface area contributed by atoms with Crippen LogP contribution >= 0.6 is 12.4 Å². The molecule has 0 spiro atoms. The predicted octanol–water partition coefficient (Wildman–Crippen LogP) is 2.04. The van der Waals surface area contributed by atoms with Crippen LogP contribution in [0, 0.1) is 11.8 Å². The van der Waals surface area contributed by atoms with Gasteiger partial charge in [-0.3, -0.25) is 9.59 Å². The van der Waals surface area contributed by atoms with Gasteiger partial charge in [0.15, 0.2) is 0 Å². The Bertz CT molecular complexity index is 551. The smallest absolute Gasteiger partial charge is 0.243 e. The lowest BCUT2D eigenvalue weighted by atomic mass is 10.00. The molecular weight excluding hydrogens is 338 g/mol. The number of nitrogens with two attached hydrogens (primary N) is 1. The second-order valence-corrected chi connectivity index (χ2v) is 6.99. The number of hydrogen-bond acceptors (Lipinski definition) is 3. The van der Waals surface area contributed by atoms with E-state index in [0.29, 0.717) is 12.5 Å². The van der Waals surface area contributed by atoms with E-state index in [-0.39, 0.29) is 42.6 Å². The minimum absolute atomic E-state index is 0. The fourth-order valence-electron chi connectivity index (χ4n) is 3.32. The Kier molecular flexibility index (Phi) is 8.93.